The van der Waals surface area contributed by atoms with Crippen LogP contribution in [0.25, 0.3) is 16.8 Å². The fraction of sp³-hybridized carbons (Fsp3) is 0.357. The van der Waals surface area contributed by atoms with Crippen LogP contribution in [0.4, 0.5) is 5.95 Å². The number of aryl methyl sites for hydroxylation is 1. The average molecular weight is 286 g/mol. The Balaban J connectivity index is 2.02. The molecule has 0 aliphatic carbocycles. The van der Waals surface area contributed by atoms with Crippen molar-refractivity contribution in [2.75, 3.05) is 12.3 Å². The zero-order valence-corrected chi connectivity index (χ0v) is 12.3. The number of hydrogen-bond donors (Lipinski definition) is 1. The monoisotopic (exact) mass is 286 g/mol. The maximum atomic E-state index is 5.65. The van der Waals surface area contributed by atoms with E-state index in [0.29, 0.717) is 6.61 Å². The first kappa shape index (κ1) is 13.6. The summed E-state index contributed by atoms with van der Waals surface area (Å²) in [4.78, 5) is 4.16. The molecule has 1 unspecified atom stereocenters. The van der Waals surface area contributed by atoms with Crippen LogP contribution < -0.4 is 5.73 Å². The zero-order valence-electron chi connectivity index (χ0n) is 12.3. The number of nitrogens with zero attached hydrogens (tertiary/aromatic N) is 5. The molecule has 0 amide bonds. The highest BCUT2D eigenvalue weighted by molar-refractivity contribution is 5.67. The van der Waals surface area contributed by atoms with Gasteiger partial charge in [0.15, 0.2) is 5.65 Å². The lowest BCUT2D eigenvalue weighted by molar-refractivity contribution is 0.0160. The van der Waals surface area contributed by atoms with Crippen LogP contribution in [0.3, 0.4) is 0 Å². The first-order chi connectivity index (χ1) is 10.1. The van der Waals surface area contributed by atoms with E-state index in [0.717, 1.165) is 22.5 Å². The van der Waals surface area contributed by atoms with E-state index in [1.165, 1.54) is 0 Å². The second-order valence-corrected chi connectivity index (χ2v) is 4.84. The first-order valence-electron chi connectivity index (χ1n) is 6.88. The number of anilines is 1. The predicted octanol–water partition coefficient (Wildman–Crippen LogP) is 2.04. The molecule has 0 aliphatic heterocycles. The van der Waals surface area contributed by atoms with E-state index in [9.17, 15) is 0 Å². The first-order valence-corrected chi connectivity index (χ1v) is 6.88. The molecule has 0 spiro atoms. The molecule has 3 rings (SSSR count). The lowest BCUT2D eigenvalue weighted by Gasteiger charge is -2.11. The minimum atomic E-state index is -0.0881. The van der Waals surface area contributed by atoms with Crippen molar-refractivity contribution < 1.29 is 4.74 Å². The SMILES string of the molecule is CCOC(C)n1cc(-c2ccc3nc(N)nn3c2C)cn1. The Morgan fingerprint density at radius 3 is 2.95 bits per heavy atom. The van der Waals surface area contributed by atoms with Crippen molar-refractivity contribution in [1.29, 1.82) is 0 Å². The molecule has 3 aromatic heterocycles. The van der Waals surface area contributed by atoms with E-state index >= 15 is 0 Å². The van der Waals surface area contributed by atoms with Gasteiger partial charge in [0.1, 0.15) is 6.23 Å². The Hall–Kier alpha value is -2.41. The number of nitrogen functional groups attached to an aromatic ring is 1. The van der Waals surface area contributed by atoms with Crippen molar-refractivity contribution in [3.8, 4) is 11.1 Å². The maximum absolute atomic E-state index is 5.65. The van der Waals surface area contributed by atoms with Gasteiger partial charge in [-0.25, -0.2) is 9.20 Å². The van der Waals surface area contributed by atoms with Gasteiger partial charge in [-0.05, 0) is 32.9 Å². The van der Waals surface area contributed by atoms with E-state index in [1.54, 1.807) is 9.20 Å². The third-order valence-electron chi connectivity index (χ3n) is 3.45. The second-order valence-electron chi connectivity index (χ2n) is 4.84. The highest BCUT2D eigenvalue weighted by Crippen LogP contribution is 2.24. The summed E-state index contributed by atoms with van der Waals surface area (Å²) >= 11 is 0. The Morgan fingerprint density at radius 2 is 2.19 bits per heavy atom. The molecule has 3 aromatic rings. The van der Waals surface area contributed by atoms with Gasteiger partial charge in [-0.15, -0.1) is 5.10 Å². The molecule has 0 saturated carbocycles. The lowest BCUT2D eigenvalue weighted by Crippen LogP contribution is -2.09. The minimum Gasteiger partial charge on any atom is -0.366 e. The lowest BCUT2D eigenvalue weighted by atomic mass is 10.1. The molecule has 0 fully saturated rings. The Bertz CT molecular complexity index is 775. The van der Waals surface area contributed by atoms with Crippen LogP contribution >= 0.6 is 0 Å². The summed E-state index contributed by atoms with van der Waals surface area (Å²) in [5, 5.41) is 8.56. The number of aromatic nitrogens is 5. The largest absolute Gasteiger partial charge is 0.366 e. The number of pyridine rings is 1. The smallest absolute Gasteiger partial charge is 0.240 e. The van der Waals surface area contributed by atoms with Crippen LogP contribution in [0.15, 0.2) is 24.5 Å². The van der Waals surface area contributed by atoms with E-state index in [1.807, 2.05) is 45.3 Å². The quantitative estimate of drug-likeness (QED) is 0.793. The molecule has 0 radical (unpaired) electrons. The number of hydrogen-bond acceptors (Lipinski definition) is 5. The summed E-state index contributed by atoms with van der Waals surface area (Å²) in [6.45, 7) is 6.57. The van der Waals surface area contributed by atoms with Gasteiger partial charge >= 0.3 is 0 Å². The average Bonchev–Trinajstić information content (AvgIpc) is 3.06. The van der Waals surface area contributed by atoms with Gasteiger partial charge in [-0.3, -0.25) is 0 Å². The molecule has 110 valence electrons. The van der Waals surface area contributed by atoms with Gasteiger partial charge in [0.05, 0.1) is 6.20 Å². The molecule has 0 saturated heterocycles. The Morgan fingerprint density at radius 1 is 1.38 bits per heavy atom. The van der Waals surface area contributed by atoms with Crippen LogP contribution in [-0.2, 0) is 4.74 Å². The molecule has 21 heavy (non-hydrogen) atoms. The van der Waals surface area contributed by atoms with E-state index in [-0.39, 0.29) is 12.2 Å². The van der Waals surface area contributed by atoms with Crippen molar-refractivity contribution in [2.24, 2.45) is 0 Å². The van der Waals surface area contributed by atoms with Crippen molar-refractivity contribution in [3.63, 3.8) is 0 Å². The number of fused-ring (bicyclic) bond motifs is 1. The van der Waals surface area contributed by atoms with Crippen LogP contribution in [0.5, 0.6) is 0 Å². The van der Waals surface area contributed by atoms with Crippen LogP contribution in [-0.4, -0.2) is 31.0 Å². The summed E-state index contributed by atoms with van der Waals surface area (Å²) in [6.07, 6.45) is 3.70. The van der Waals surface area contributed by atoms with Crippen molar-refractivity contribution in [2.45, 2.75) is 27.0 Å². The highest BCUT2D eigenvalue weighted by Gasteiger charge is 2.12. The van der Waals surface area contributed by atoms with Crippen LogP contribution in [0.2, 0.25) is 0 Å². The van der Waals surface area contributed by atoms with Crippen LogP contribution in [0, 0.1) is 6.92 Å². The maximum Gasteiger partial charge on any atom is 0.240 e. The molecule has 7 nitrogen and oxygen atoms in total. The molecule has 1 atom stereocenters. The molecular weight excluding hydrogens is 268 g/mol. The van der Waals surface area contributed by atoms with Crippen molar-refractivity contribution in [1.82, 2.24) is 24.4 Å². The van der Waals surface area contributed by atoms with Gasteiger partial charge in [0, 0.05) is 29.6 Å². The fourth-order valence-corrected chi connectivity index (χ4v) is 2.39. The van der Waals surface area contributed by atoms with Gasteiger partial charge in [-0.1, -0.05) is 0 Å². The number of rotatable bonds is 4. The van der Waals surface area contributed by atoms with E-state index < -0.39 is 0 Å². The summed E-state index contributed by atoms with van der Waals surface area (Å²) in [5.74, 6) is 0.274. The number of ether oxygens (including phenoxy) is 1. The third kappa shape index (κ3) is 2.36. The standard InChI is InChI=1S/C14H18N6O/c1-4-21-10(3)19-8-11(7-16-19)12-5-6-13-17-14(15)18-20(13)9(12)2/h5-8,10H,4H2,1-3H3,(H2,15,18). The second kappa shape index (κ2) is 5.17. The normalized spacial score (nSPS) is 12.9. The fourth-order valence-electron chi connectivity index (χ4n) is 2.39. The van der Waals surface area contributed by atoms with Crippen molar-refractivity contribution >= 4 is 11.6 Å². The van der Waals surface area contributed by atoms with E-state index in [2.05, 4.69) is 15.2 Å². The summed E-state index contributed by atoms with van der Waals surface area (Å²) in [5.41, 5.74) is 9.41. The topological polar surface area (TPSA) is 83.3 Å². The van der Waals surface area contributed by atoms with Gasteiger partial charge in [-0.2, -0.15) is 10.1 Å². The molecule has 7 heteroatoms. The molecule has 0 bridgehead atoms. The minimum absolute atomic E-state index is 0.0881. The molecular formula is C14H18N6O. The highest BCUT2D eigenvalue weighted by atomic mass is 16.5. The van der Waals surface area contributed by atoms with Gasteiger partial charge < -0.3 is 10.5 Å². The van der Waals surface area contributed by atoms with Gasteiger partial charge in [0.2, 0.25) is 5.95 Å². The third-order valence-corrected chi connectivity index (χ3v) is 3.45. The van der Waals surface area contributed by atoms with Crippen molar-refractivity contribution in [3.05, 3.63) is 30.2 Å². The molecule has 0 aliphatic rings. The molecule has 0 aromatic carbocycles. The number of nitrogens with two attached hydrogens (primary N) is 1. The summed E-state index contributed by atoms with van der Waals surface area (Å²) < 4.78 is 9.09. The van der Waals surface area contributed by atoms with Crippen LogP contribution in [0.1, 0.15) is 25.8 Å². The Labute approximate surface area is 122 Å². The summed E-state index contributed by atoms with van der Waals surface area (Å²) in [6, 6.07) is 3.90. The predicted molar refractivity (Wildman–Crippen MR) is 79.7 cm³/mol. The zero-order chi connectivity index (χ0) is 15.0. The summed E-state index contributed by atoms with van der Waals surface area (Å²) in [7, 11) is 0. The molecule has 2 N–H and O–H groups in total. The van der Waals surface area contributed by atoms with E-state index in [4.69, 9.17) is 10.5 Å². The Kier molecular flexibility index (Phi) is 3.34. The molecule has 3 heterocycles. The van der Waals surface area contributed by atoms with Gasteiger partial charge in [0.25, 0.3) is 0 Å².